The van der Waals surface area contributed by atoms with Gasteiger partial charge < -0.3 is 19.4 Å². The van der Waals surface area contributed by atoms with Crippen molar-refractivity contribution in [3.05, 3.63) is 12.7 Å². The van der Waals surface area contributed by atoms with Crippen LogP contribution in [-0.2, 0) is 14.3 Å². The van der Waals surface area contributed by atoms with Crippen LogP contribution in [0.2, 0.25) is 0 Å². The van der Waals surface area contributed by atoms with Crippen LogP contribution in [0.15, 0.2) is 12.7 Å². The fourth-order valence-electron chi connectivity index (χ4n) is 1.43. The van der Waals surface area contributed by atoms with E-state index in [-0.39, 0.29) is 0 Å². The van der Waals surface area contributed by atoms with E-state index in [1.54, 1.807) is 0 Å². The number of ether oxygens (including phenoxy) is 2. The van der Waals surface area contributed by atoms with Crippen LogP contribution in [0.5, 0.6) is 0 Å². The summed E-state index contributed by atoms with van der Waals surface area (Å²) >= 11 is 0. The zero-order valence-corrected chi connectivity index (χ0v) is 11.5. The highest BCUT2D eigenvalue weighted by Crippen LogP contribution is 2.14. The Morgan fingerprint density at radius 3 is 2.61 bits per heavy atom. The molecular formula is C14H25O4-. The van der Waals surface area contributed by atoms with Gasteiger partial charge in [-0.25, -0.2) is 0 Å². The minimum Gasteiger partial charge on any atom is -0.545 e. The zero-order chi connectivity index (χ0) is 13.8. The minimum absolute atomic E-state index is 0.420. The van der Waals surface area contributed by atoms with E-state index in [0.29, 0.717) is 6.10 Å². The molecule has 2 unspecified atom stereocenters. The molecule has 2 atom stereocenters. The summed E-state index contributed by atoms with van der Waals surface area (Å²) in [6, 6.07) is 0. The van der Waals surface area contributed by atoms with Crippen LogP contribution >= 0.6 is 0 Å². The van der Waals surface area contributed by atoms with Gasteiger partial charge in [-0.3, -0.25) is 0 Å². The van der Waals surface area contributed by atoms with Crippen molar-refractivity contribution >= 4 is 5.97 Å². The molecule has 1 saturated heterocycles. The maximum atomic E-state index is 9.14. The molecule has 1 rings (SSSR count). The molecule has 0 aromatic heterocycles. The van der Waals surface area contributed by atoms with E-state index in [2.05, 4.69) is 20.4 Å². The van der Waals surface area contributed by atoms with Gasteiger partial charge in [-0.1, -0.05) is 39.7 Å². The summed E-state index contributed by atoms with van der Waals surface area (Å²) in [4.78, 5) is 9.14. The van der Waals surface area contributed by atoms with Crippen LogP contribution in [0.25, 0.3) is 0 Å². The van der Waals surface area contributed by atoms with Crippen LogP contribution in [0.4, 0.5) is 0 Å². The summed E-state index contributed by atoms with van der Waals surface area (Å²) in [5.41, 5.74) is 0. The number of carboxylic acids is 1. The van der Waals surface area contributed by atoms with E-state index in [1.807, 2.05) is 0 Å². The van der Waals surface area contributed by atoms with Crippen molar-refractivity contribution in [2.75, 3.05) is 19.8 Å². The SMILES string of the molecule is C=CC(=O)[O-].CCCCC(CC)COCC1CO1. The van der Waals surface area contributed by atoms with E-state index in [0.717, 1.165) is 31.8 Å². The normalized spacial score (nSPS) is 18.4. The zero-order valence-electron chi connectivity index (χ0n) is 11.5. The summed E-state index contributed by atoms with van der Waals surface area (Å²) in [5.74, 6) is -0.469. The summed E-state index contributed by atoms with van der Waals surface area (Å²) in [6.07, 6.45) is 6.33. The van der Waals surface area contributed by atoms with E-state index >= 15 is 0 Å². The van der Waals surface area contributed by atoms with Crippen LogP contribution in [-0.4, -0.2) is 31.9 Å². The summed E-state index contributed by atoms with van der Waals surface area (Å²) < 4.78 is 10.7. The topological polar surface area (TPSA) is 61.9 Å². The highest BCUT2D eigenvalue weighted by atomic mass is 16.6. The molecule has 0 aromatic rings. The maximum Gasteiger partial charge on any atom is 0.104 e. The molecule has 0 spiro atoms. The van der Waals surface area contributed by atoms with Gasteiger partial charge in [0.1, 0.15) is 6.10 Å². The molecule has 18 heavy (non-hydrogen) atoms. The number of carbonyl (C=O) groups excluding carboxylic acids is 1. The molecular weight excluding hydrogens is 232 g/mol. The van der Waals surface area contributed by atoms with E-state index in [9.17, 15) is 0 Å². The molecule has 0 aliphatic carbocycles. The Kier molecular flexibility index (Phi) is 10.7. The maximum absolute atomic E-state index is 9.14. The van der Waals surface area contributed by atoms with E-state index < -0.39 is 5.97 Å². The fourth-order valence-corrected chi connectivity index (χ4v) is 1.43. The Morgan fingerprint density at radius 2 is 2.22 bits per heavy atom. The first kappa shape index (κ1) is 17.1. The number of unbranched alkanes of at least 4 members (excludes halogenated alkanes) is 1. The van der Waals surface area contributed by atoms with Crippen molar-refractivity contribution in [2.45, 2.75) is 45.6 Å². The Morgan fingerprint density at radius 1 is 1.61 bits per heavy atom. The number of hydrogen-bond donors (Lipinski definition) is 0. The van der Waals surface area contributed by atoms with Gasteiger partial charge in [0.25, 0.3) is 0 Å². The predicted molar refractivity (Wildman–Crippen MR) is 69.1 cm³/mol. The molecule has 106 valence electrons. The highest BCUT2D eigenvalue weighted by molar-refractivity contribution is 5.76. The molecule has 0 radical (unpaired) electrons. The Bertz CT molecular complexity index is 224. The van der Waals surface area contributed by atoms with Gasteiger partial charge in [-0.2, -0.15) is 0 Å². The lowest BCUT2D eigenvalue weighted by molar-refractivity contribution is -0.297. The van der Waals surface area contributed by atoms with Gasteiger partial charge >= 0.3 is 0 Å². The molecule has 0 bridgehead atoms. The van der Waals surface area contributed by atoms with Gasteiger partial charge in [0, 0.05) is 6.61 Å². The van der Waals surface area contributed by atoms with Gasteiger partial charge in [0.05, 0.1) is 19.2 Å². The van der Waals surface area contributed by atoms with Crippen molar-refractivity contribution in [2.24, 2.45) is 5.92 Å². The number of hydrogen-bond acceptors (Lipinski definition) is 4. The first-order valence-electron chi connectivity index (χ1n) is 6.66. The molecule has 0 amide bonds. The van der Waals surface area contributed by atoms with Crippen LogP contribution in [0, 0.1) is 5.92 Å². The molecule has 4 heteroatoms. The number of carbonyl (C=O) groups is 1. The third kappa shape index (κ3) is 11.6. The molecule has 4 nitrogen and oxygen atoms in total. The van der Waals surface area contributed by atoms with E-state index in [4.69, 9.17) is 19.4 Å². The first-order valence-corrected chi connectivity index (χ1v) is 6.66. The lowest BCUT2D eigenvalue weighted by Crippen LogP contribution is -2.17. The van der Waals surface area contributed by atoms with Crippen LogP contribution < -0.4 is 5.11 Å². The molecule has 0 saturated carbocycles. The second kappa shape index (κ2) is 11.2. The number of epoxide rings is 1. The molecule has 1 aliphatic rings. The van der Waals surface area contributed by atoms with Crippen molar-refractivity contribution in [1.29, 1.82) is 0 Å². The largest absolute Gasteiger partial charge is 0.545 e. The molecule has 1 heterocycles. The summed E-state index contributed by atoms with van der Waals surface area (Å²) in [6.45, 7) is 10.0. The smallest absolute Gasteiger partial charge is 0.104 e. The van der Waals surface area contributed by atoms with Crippen molar-refractivity contribution in [3.63, 3.8) is 0 Å². The van der Waals surface area contributed by atoms with E-state index in [1.165, 1.54) is 25.7 Å². The molecule has 0 N–H and O–H groups in total. The standard InChI is InChI=1S/C11H22O2.C3H4O2/c1-3-5-6-10(4-2)7-12-8-11-9-13-11;1-2-3(4)5/h10-11H,3-9H2,1-2H3;2H,1H2,(H,4,5)/p-1. The lowest BCUT2D eigenvalue weighted by atomic mass is 10.0. The van der Waals surface area contributed by atoms with Crippen LogP contribution in [0.3, 0.4) is 0 Å². The molecule has 0 aromatic carbocycles. The lowest BCUT2D eigenvalue weighted by Gasteiger charge is -2.13. The van der Waals surface area contributed by atoms with Crippen molar-refractivity contribution in [3.8, 4) is 0 Å². The fraction of sp³-hybridized carbons (Fsp3) is 0.786. The number of carboxylic acid groups (broad SMARTS) is 1. The van der Waals surface area contributed by atoms with Gasteiger partial charge in [-0.05, 0) is 18.4 Å². The second-order valence-electron chi connectivity index (χ2n) is 4.43. The van der Waals surface area contributed by atoms with Gasteiger partial charge in [0.15, 0.2) is 0 Å². The van der Waals surface area contributed by atoms with Crippen molar-refractivity contribution < 1.29 is 19.4 Å². The minimum atomic E-state index is -1.23. The predicted octanol–water partition coefficient (Wildman–Crippen LogP) is 1.54. The highest BCUT2D eigenvalue weighted by Gasteiger charge is 2.22. The third-order valence-corrected chi connectivity index (χ3v) is 2.77. The molecule has 1 fully saturated rings. The Balaban J connectivity index is 0.000000494. The second-order valence-corrected chi connectivity index (χ2v) is 4.43. The monoisotopic (exact) mass is 257 g/mol. The third-order valence-electron chi connectivity index (χ3n) is 2.77. The average Bonchev–Trinajstić information content (AvgIpc) is 3.18. The number of aliphatic carboxylic acids is 1. The van der Waals surface area contributed by atoms with Crippen molar-refractivity contribution in [1.82, 2.24) is 0 Å². The Labute approximate surface area is 110 Å². The van der Waals surface area contributed by atoms with Crippen LogP contribution in [0.1, 0.15) is 39.5 Å². The Hall–Kier alpha value is -0.870. The average molecular weight is 257 g/mol. The summed E-state index contributed by atoms with van der Waals surface area (Å²) in [7, 11) is 0. The summed E-state index contributed by atoms with van der Waals surface area (Å²) in [5, 5.41) is 9.14. The quantitative estimate of drug-likeness (QED) is 0.464. The number of rotatable bonds is 9. The molecule has 1 aliphatic heterocycles. The van der Waals surface area contributed by atoms with Gasteiger partial charge in [0.2, 0.25) is 0 Å². The van der Waals surface area contributed by atoms with Gasteiger partial charge in [-0.15, -0.1) is 0 Å². The first-order chi connectivity index (χ1) is 8.63.